The molecule has 1 aliphatic heterocycles. The Morgan fingerprint density at radius 1 is 1.12 bits per heavy atom. The molecule has 2 heterocycles. The van der Waals surface area contributed by atoms with E-state index in [1.54, 1.807) is 24.3 Å². The summed E-state index contributed by atoms with van der Waals surface area (Å²) in [6.45, 7) is 11.1. The molecule has 3 aromatic rings. The van der Waals surface area contributed by atoms with Gasteiger partial charge in [0.05, 0.1) is 18.2 Å². The largest absolute Gasteiger partial charge is 0.504 e. The van der Waals surface area contributed by atoms with E-state index in [1.165, 1.54) is 31.4 Å². The minimum Gasteiger partial charge on any atom is -0.504 e. The number of aromatic nitrogens is 1. The van der Waals surface area contributed by atoms with Crippen LogP contribution in [0.1, 0.15) is 52.3 Å². The summed E-state index contributed by atoms with van der Waals surface area (Å²) in [6, 6.07) is 8.79. The zero-order chi connectivity index (χ0) is 31.7. The van der Waals surface area contributed by atoms with Crippen LogP contribution in [-0.4, -0.2) is 71.2 Å². The number of carboxylic acids is 1. The van der Waals surface area contributed by atoms with Crippen molar-refractivity contribution in [2.75, 3.05) is 38.6 Å². The summed E-state index contributed by atoms with van der Waals surface area (Å²) in [7, 11) is 1.43. The van der Waals surface area contributed by atoms with Crippen molar-refractivity contribution < 1.29 is 33.7 Å². The molecule has 228 valence electrons. The Morgan fingerprint density at radius 2 is 1.84 bits per heavy atom. The number of hydrogen-bond acceptors (Lipinski definition) is 6. The summed E-state index contributed by atoms with van der Waals surface area (Å²) in [5.74, 6) is -1.51. The lowest BCUT2D eigenvalue weighted by atomic mass is 10.0. The number of fused-ring (bicyclic) bond motifs is 1. The van der Waals surface area contributed by atoms with Crippen LogP contribution in [0.3, 0.4) is 0 Å². The number of anilines is 1. The average Bonchev–Trinajstić information content (AvgIpc) is 3.44. The van der Waals surface area contributed by atoms with Crippen LogP contribution in [-0.2, 0) is 9.59 Å². The van der Waals surface area contributed by atoms with Gasteiger partial charge < -0.3 is 35.5 Å². The molecule has 2 amide bonds. The Kier molecular flexibility index (Phi) is 11.2. The molecule has 0 unspecified atom stereocenters. The molecule has 0 aliphatic carbocycles. The molecular weight excluding hydrogens is 555 g/mol. The van der Waals surface area contributed by atoms with E-state index < -0.39 is 11.8 Å². The Hall–Kier alpha value is -4.90. The van der Waals surface area contributed by atoms with Crippen molar-refractivity contribution in [2.24, 2.45) is 0 Å². The molecule has 0 spiro atoms. The van der Waals surface area contributed by atoms with E-state index in [9.17, 15) is 23.9 Å². The van der Waals surface area contributed by atoms with Crippen molar-refractivity contribution in [3.8, 4) is 11.5 Å². The van der Waals surface area contributed by atoms with E-state index in [0.29, 0.717) is 45.9 Å². The van der Waals surface area contributed by atoms with Gasteiger partial charge in [-0.25, -0.2) is 9.18 Å². The highest BCUT2D eigenvalue weighted by atomic mass is 19.1. The number of H-pyrrole nitrogens is 1. The molecule has 0 radical (unpaired) electrons. The number of benzene rings is 2. The molecule has 1 aliphatic rings. The van der Waals surface area contributed by atoms with Gasteiger partial charge in [-0.3, -0.25) is 9.59 Å². The van der Waals surface area contributed by atoms with Crippen molar-refractivity contribution in [3.05, 3.63) is 81.9 Å². The number of hydrogen-bond donors (Lipinski definition) is 5. The van der Waals surface area contributed by atoms with E-state index >= 15 is 0 Å². The fourth-order valence-corrected chi connectivity index (χ4v) is 4.63. The Labute approximate surface area is 249 Å². The van der Waals surface area contributed by atoms with Crippen LogP contribution < -0.4 is 15.4 Å². The number of phenolic OH excluding ortho intramolecular Hbond substituents is 1. The zero-order valence-corrected chi connectivity index (χ0v) is 24.9. The van der Waals surface area contributed by atoms with E-state index in [2.05, 4.69) is 34.4 Å². The normalized spacial score (nSPS) is 13.1. The van der Waals surface area contributed by atoms with Crippen molar-refractivity contribution in [2.45, 2.75) is 27.7 Å². The first kappa shape index (κ1) is 32.6. The predicted octanol–water partition coefficient (Wildman–Crippen LogP) is 4.83. The van der Waals surface area contributed by atoms with E-state index in [-0.39, 0.29) is 17.6 Å². The number of carbonyl (C=O) groups is 3. The molecule has 0 saturated carbocycles. The van der Waals surface area contributed by atoms with Crippen LogP contribution in [0.2, 0.25) is 0 Å². The molecule has 2 aromatic carbocycles. The van der Waals surface area contributed by atoms with Crippen LogP contribution >= 0.6 is 0 Å². The molecule has 4 rings (SSSR count). The summed E-state index contributed by atoms with van der Waals surface area (Å²) in [6.07, 6.45) is 4.12. The number of nitrogens with zero attached hydrogens (tertiary/aromatic N) is 1. The minimum atomic E-state index is -1.02. The number of likely N-dealkylation sites (N-methyl/N-ethyl adjacent to an activating group) is 1. The maximum Gasteiger partial charge on any atom is 0.328 e. The van der Waals surface area contributed by atoms with Gasteiger partial charge >= 0.3 is 5.97 Å². The van der Waals surface area contributed by atoms with Gasteiger partial charge in [-0.05, 0) is 80.5 Å². The standard InChI is InChI=1S/C22H27FN4O2.C10H10O4/c1-5-27(6-2)10-9-24-22(29)20-13(3)19(25-14(20)4)12-17-16-11-15(23)7-8-18(16)26-21(17)28;1-14-9-6-7(2-4-8(9)11)3-5-10(12)13/h7-8,11-12,25H,5-6,9-10H2,1-4H3,(H,24,29)(H,26,28);2-6,11H,1H3,(H,12,13)/b17-12-;5-3+. The van der Waals surface area contributed by atoms with Gasteiger partial charge in [0.15, 0.2) is 11.5 Å². The molecule has 5 N–H and O–H groups in total. The van der Waals surface area contributed by atoms with Gasteiger partial charge in [-0.1, -0.05) is 19.9 Å². The lowest BCUT2D eigenvalue weighted by molar-refractivity contribution is -0.131. The van der Waals surface area contributed by atoms with Crippen molar-refractivity contribution in [3.63, 3.8) is 0 Å². The average molecular weight is 593 g/mol. The third kappa shape index (κ3) is 8.32. The number of aromatic hydroxyl groups is 1. The minimum absolute atomic E-state index is 0.0278. The molecule has 43 heavy (non-hydrogen) atoms. The first-order valence-corrected chi connectivity index (χ1v) is 13.8. The number of methoxy groups -OCH3 is 1. The topological polar surface area (TPSA) is 144 Å². The van der Waals surface area contributed by atoms with Gasteiger partial charge in [-0.2, -0.15) is 0 Å². The maximum absolute atomic E-state index is 13.7. The summed E-state index contributed by atoms with van der Waals surface area (Å²) in [5.41, 5.74) is 4.86. The second-order valence-corrected chi connectivity index (χ2v) is 9.75. The van der Waals surface area contributed by atoms with Crippen LogP contribution in [0.5, 0.6) is 11.5 Å². The number of aliphatic carboxylic acids is 1. The zero-order valence-electron chi connectivity index (χ0n) is 24.9. The summed E-state index contributed by atoms with van der Waals surface area (Å²) in [4.78, 5) is 40.7. The number of ether oxygens (including phenoxy) is 1. The molecule has 0 fully saturated rings. The van der Waals surface area contributed by atoms with Crippen molar-refractivity contribution >= 4 is 41.2 Å². The van der Waals surface area contributed by atoms with Gasteiger partial charge in [0.1, 0.15) is 5.82 Å². The highest BCUT2D eigenvalue weighted by molar-refractivity contribution is 6.34. The van der Waals surface area contributed by atoms with Crippen molar-refractivity contribution in [1.82, 2.24) is 15.2 Å². The summed E-state index contributed by atoms with van der Waals surface area (Å²) in [5, 5.41) is 23.3. The first-order chi connectivity index (χ1) is 20.5. The fourth-order valence-electron chi connectivity index (χ4n) is 4.63. The number of carboxylic acid groups (broad SMARTS) is 1. The third-order valence-corrected chi connectivity index (χ3v) is 6.99. The molecule has 0 bridgehead atoms. The number of aryl methyl sites for hydroxylation is 1. The Bertz CT molecular complexity index is 1560. The first-order valence-electron chi connectivity index (χ1n) is 13.8. The molecule has 10 nitrogen and oxygen atoms in total. The maximum atomic E-state index is 13.7. The van der Waals surface area contributed by atoms with E-state index in [1.807, 2.05) is 13.8 Å². The van der Waals surface area contributed by atoms with Crippen LogP contribution in [0, 0.1) is 19.7 Å². The number of carbonyl (C=O) groups excluding carboxylic acids is 2. The number of halogens is 1. The van der Waals surface area contributed by atoms with Crippen LogP contribution in [0.4, 0.5) is 10.1 Å². The second kappa shape index (κ2) is 14.8. The van der Waals surface area contributed by atoms with Crippen LogP contribution in [0.25, 0.3) is 17.7 Å². The Balaban J connectivity index is 0.000000303. The van der Waals surface area contributed by atoms with E-state index in [0.717, 1.165) is 37.0 Å². The molecule has 0 saturated heterocycles. The van der Waals surface area contributed by atoms with Gasteiger partial charge in [-0.15, -0.1) is 0 Å². The van der Waals surface area contributed by atoms with E-state index in [4.69, 9.17) is 9.84 Å². The lowest BCUT2D eigenvalue weighted by Gasteiger charge is -2.18. The number of rotatable bonds is 10. The number of phenols is 1. The smallest absolute Gasteiger partial charge is 0.328 e. The predicted molar refractivity (Wildman–Crippen MR) is 165 cm³/mol. The molecule has 1 aromatic heterocycles. The van der Waals surface area contributed by atoms with Crippen molar-refractivity contribution in [1.29, 1.82) is 0 Å². The highest BCUT2D eigenvalue weighted by Gasteiger charge is 2.26. The van der Waals surface area contributed by atoms with Gasteiger partial charge in [0.25, 0.3) is 11.8 Å². The Morgan fingerprint density at radius 3 is 2.49 bits per heavy atom. The third-order valence-electron chi connectivity index (χ3n) is 6.99. The quantitative estimate of drug-likeness (QED) is 0.212. The number of aromatic amines is 1. The second-order valence-electron chi connectivity index (χ2n) is 9.75. The summed E-state index contributed by atoms with van der Waals surface area (Å²) >= 11 is 0. The fraction of sp³-hybridized carbons (Fsp3) is 0.281. The molecule has 11 heteroatoms. The summed E-state index contributed by atoms with van der Waals surface area (Å²) < 4.78 is 18.5. The van der Waals surface area contributed by atoms with Crippen LogP contribution in [0.15, 0.2) is 42.5 Å². The highest BCUT2D eigenvalue weighted by Crippen LogP contribution is 2.34. The number of nitrogens with one attached hydrogen (secondary N) is 3. The monoisotopic (exact) mass is 592 g/mol. The number of amides is 2. The SMILES string of the molecule is CCN(CC)CCNC(=O)c1c(C)[nH]c(/C=C2\C(=O)Nc3ccc(F)cc32)c1C.COc1cc(/C=C/C(=O)O)ccc1O. The van der Waals surface area contributed by atoms with Gasteiger partial charge in [0, 0.05) is 41.8 Å². The molecular formula is C32H37FN4O6. The lowest BCUT2D eigenvalue weighted by Crippen LogP contribution is -2.35. The molecule has 0 atom stereocenters. The van der Waals surface area contributed by atoms with Gasteiger partial charge in [0.2, 0.25) is 0 Å².